The van der Waals surface area contributed by atoms with Gasteiger partial charge < -0.3 is 10.6 Å². The molecule has 1 aliphatic rings. The van der Waals surface area contributed by atoms with Crippen LogP contribution in [0.4, 0.5) is 4.39 Å². The molecule has 0 aliphatic carbocycles. The van der Waals surface area contributed by atoms with E-state index >= 15 is 0 Å². The lowest BCUT2D eigenvalue weighted by Crippen LogP contribution is -2.58. The van der Waals surface area contributed by atoms with Crippen molar-refractivity contribution >= 4 is 5.91 Å². The lowest BCUT2D eigenvalue weighted by atomic mass is 10.0. The second kappa shape index (κ2) is 6.54. The van der Waals surface area contributed by atoms with Crippen LogP contribution >= 0.6 is 0 Å². The van der Waals surface area contributed by atoms with Gasteiger partial charge in [-0.15, -0.1) is 0 Å². The van der Waals surface area contributed by atoms with E-state index in [1.165, 1.54) is 12.1 Å². The van der Waals surface area contributed by atoms with Crippen molar-refractivity contribution in [2.24, 2.45) is 5.73 Å². The molecule has 1 aromatic carbocycles. The highest BCUT2D eigenvalue weighted by atomic mass is 19.1. The van der Waals surface area contributed by atoms with Gasteiger partial charge in [0.05, 0.1) is 6.42 Å². The standard InChI is InChI=1S/C16H24FN3O/c1-16(2,12-18)20-8-6-19(7-9-20)15(21)11-13-4-3-5-14(17)10-13/h3-5,10H,6-9,11-12,18H2,1-2H3. The number of halogens is 1. The summed E-state index contributed by atoms with van der Waals surface area (Å²) in [4.78, 5) is 16.4. The second-order valence-corrected chi connectivity index (χ2v) is 6.19. The smallest absolute Gasteiger partial charge is 0.227 e. The van der Waals surface area contributed by atoms with Gasteiger partial charge in [-0.3, -0.25) is 9.69 Å². The molecule has 21 heavy (non-hydrogen) atoms. The number of amides is 1. The third kappa shape index (κ3) is 4.02. The minimum Gasteiger partial charge on any atom is -0.340 e. The predicted molar refractivity (Wildman–Crippen MR) is 81.4 cm³/mol. The predicted octanol–water partition coefficient (Wildman–Crippen LogP) is 1.25. The molecule has 1 heterocycles. The van der Waals surface area contributed by atoms with Crippen LogP contribution in [0.2, 0.25) is 0 Å². The summed E-state index contributed by atoms with van der Waals surface area (Å²) in [6.45, 7) is 7.92. The van der Waals surface area contributed by atoms with Crippen molar-refractivity contribution < 1.29 is 9.18 Å². The van der Waals surface area contributed by atoms with Crippen LogP contribution in [0.5, 0.6) is 0 Å². The van der Waals surface area contributed by atoms with Crippen molar-refractivity contribution in [1.82, 2.24) is 9.80 Å². The summed E-state index contributed by atoms with van der Waals surface area (Å²) in [5.41, 5.74) is 6.49. The Hall–Kier alpha value is -1.46. The Morgan fingerprint density at radius 2 is 1.95 bits per heavy atom. The Morgan fingerprint density at radius 1 is 1.29 bits per heavy atom. The Bertz CT molecular complexity index is 496. The van der Waals surface area contributed by atoms with Gasteiger partial charge in [0.1, 0.15) is 5.82 Å². The van der Waals surface area contributed by atoms with E-state index < -0.39 is 0 Å². The van der Waals surface area contributed by atoms with Gasteiger partial charge in [-0.05, 0) is 31.5 Å². The summed E-state index contributed by atoms with van der Waals surface area (Å²) in [5, 5.41) is 0. The van der Waals surface area contributed by atoms with Crippen molar-refractivity contribution in [1.29, 1.82) is 0 Å². The molecule has 1 fully saturated rings. The van der Waals surface area contributed by atoms with Crippen LogP contribution in [0.1, 0.15) is 19.4 Å². The Morgan fingerprint density at radius 3 is 2.52 bits per heavy atom. The maximum absolute atomic E-state index is 13.1. The van der Waals surface area contributed by atoms with Gasteiger partial charge in [0.25, 0.3) is 0 Å². The zero-order valence-corrected chi connectivity index (χ0v) is 12.8. The van der Waals surface area contributed by atoms with Gasteiger partial charge in [-0.25, -0.2) is 4.39 Å². The number of nitrogens with two attached hydrogens (primary N) is 1. The number of benzene rings is 1. The first kappa shape index (κ1) is 15.9. The number of hydrogen-bond acceptors (Lipinski definition) is 3. The zero-order chi connectivity index (χ0) is 15.5. The summed E-state index contributed by atoms with van der Waals surface area (Å²) in [5.74, 6) is -0.236. The molecule has 0 radical (unpaired) electrons. The van der Waals surface area contributed by atoms with E-state index in [4.69, 9.17) is 5.73 Å². The normalized spacial score (nSPS) is 17.0. The summed E-state index contributed by atoms with van der Waals surface area (Å²) < 4.78 is 13.1. The van der Waals surface area contributed by atoms with Crippen LogP contribution in [0, 0.1) is 5.82 Å². The van der Waals surface area contributed by atoms with Gasteiger partial charge in [-0.1, -0.05) is 12.1 Å². The minimum atomic E-state index is -0.296. The highest BCUT2D eigenvalue weighted by Crippen LogP contribution is 2.16. The summed E-state index contributed by atoms with van der Waals surface area (Å²) in [7, 11) is 0. The molecule has 5 heteroatoms. The van der Waals surface area contributed by atoms with Crippen molar-refractivity contribution in [3.63, 3.8) is 0 Å². The highest BCUT2D eigenvalue weighted by molar-refractivity contribution is 5.78. The Kier molecular flexibility index (Phi) is 4.96. The highest BCUT2D eigenvalue weighted by Gasteiger charge is 2.29. The van der Waals surface area contributed by atoms with Gasteiger partial charge in [0, 0.05) is 38.3 Å². The summed E-state index contributed by atoms with van der Waals surface area (Å²) >= 11 is 0. The van der Waals surface area contributed by atoms with Crippen molar-refractivity contribution in [2.75, 3.05) is 32.7 Å². The molecule has 0 spiro atoms. The SMILES string of the molecule is CC(C)(CN)N1CCN(C(=O)Cc2cccc(F)c2)CC1. The quantitative estimate of drug-likeness (QED) is 0.909. The molecule has 0 unspecified atom stereocenters. The van der Waals surface area contributed by atoms with Crippen LogP contribution in [0.3, 0.4) is 0 Å². The van der Waals surface area contributed by atoms with Crippen LogP contribution in [-0.4, -0.2) is 54.0 Å². The van der Waals surface area contributed by atoms with Gasteiger partial charge in [-0.2, -0.15) is 0 Å². The van der Waals surface area contributed by atoms with Gasteiger partial charge in [0.15, 0.2) is 0 Å². The van der Waals surface area contributed by atoms with Gasteiger partial charge in [0.2, 0.25) is 5.91 Å². The summed E-state index contributed by atoms with van der Waals surface area (Å²) in [6, 6.07) is 6.24. The van der Waals surface area contributed by atoms with E-state index in [0.29, 0.717) is 19.6 Å². The van der Waals surface area contributed by atoms with Gasteiger partial charge >= 0.3 is 0 Å². The topological polar surface area (TPSA) is 49.6 Å². The third-order valence-corrected chi connectivity index (χ3v) is 4.23. The molecule has 4 nitrogen and oxygen atoms in total. The fourth-order valence-corrected chi connectivity index (χ4v) is 2.62. The number of rotatable bonds is 4. The minimum absolute atomic E-state index is 0.0301. The Labute approximate surface area is 125 Å². The van der Waals surface area contributed by atoms with Crippen LogP contribution in [0.15, 0.2) is 24.3 Å². The van der Waals surface area contributed by atoms with Crippen LogP contribution in [0.25, 0.3) is 0 Å². The van der Waals surface area contributed by atoms with E-state index in [0.717, 1.165) is 18.7 Å². The maximum Gasteiger partial charge on any atom is 0.227 e. The average molecular weight is 293 g/mol. The molecule has 0 atom stereocenters. The third-order valence-electron chi connectivity index (χ3n) is 4.23. The number of carbonyl (C=O) groups is 1. The van der Waals surface area contributed by atoms with Crippen LogP contribution < -0.4 is 5.73 Å². The monoisotopic (exact) mass is 293 g/mol. The van der Waals surface area contributed by atoms with Crippen molar-refractivity contribution in [2.45, 2.75) is 25.8 Å². The molecule has 2 rings (SSSR count). The molecule has 2 N–H and O–H groups in total. The fourth-order valence-electron chi connectivity index (χ4n) is 2.62. The maximum atomic E-state index is 13.1. The van der Waals surface area contributed by atoms with E-state index in [1.54, 1.807) is 12.1 Å². The molecule has 1 aromatic rings. The molecule has 1 saturated heterocycles. The molecule has 0 saturated carbocycles. The van der Waals surface area contributed by atoms with Crippen molar-refractivity contribution in [3.05, 3.63) is 35.6 Å². The second-order valence-electron chi connectivity index (χ2n) is 6.19. The molecule has 116 valence electrons. The molecular formula is C16H24FN3O. The number of hydrogen-bond donors (Lipinski definition) is 1. The largest absolute Gasteiger partial charge is 0.340 e. The average Bonchev–Trinajstić information content (AvgIpc) is 2.47. The summed E-state index contributed by atoms with van der Waals surface area (Å²) in [6.07, 6.45) is 0.262. The number of piperazine rings is 1. The zero-order valence-electron chi connectivity index (χ0n) is 12.8. The lowest BCUT2D eigenvalue weighted by Gasteiger charge is -2.43. The fraction of sp³-hybridized carbons (Fsp3) is 0.562. The van der Waals surface area contributed by atoms with Crippen LogP contribution in [-0.2, 0) is 11.2 Å². The molecule has 0 aromatic heterocycles. The Balaban J connectivity index is 1.89. The molecule has 0 bridgehead atoms. The first-order chi connectivity index (χ1) is 9.92. The number of nitrogens with zero attached hydrogens (tertiary/aromatic N) is 2. The van der Waals surface area contributed by atoms with E-state index in [2.05, 4.69) is 18.7 Å². The first-order valence-electron chi connectivity index (χ1n) is 7.40. The lowest BCUT2D eigenvalue weighted by molar-refractivity contribution is -0.133. The molecule has 1 amide bonds. The molecule has 1 aliphatic heterocycles. The first-order valence-corrected chi connectivity index (χ1v) is 7.40. The van der Waals surface area contributed by atoms with E-state index in [-0.39, 0.29) is 23.7 Å². The van der Waals surface area contributed by atoms with Crippen molar-refractivity contribution in [3.8, 4) is 0 Å². The molecular weight excluding hydrogens is 269 g/mol. The van der Waals surface area contributed by atoms with E-state index in [9.17, 15) is 9.18 Å². The number of carbonyl (C=O) groups excluding carboxylic acids is 1. The van der Waals surface area contributed by atoms with E-state index in [1.807, 2.05) is 4.90 Å².